The van der Waals surface area contributed by atoms with Gasteiger partial charge in [-0.3, -0.25) is 4.79 Å². The lowest BCUT2D eigenvalue weighted by Gasteiger charge is -2.33. The van der Waals surface area contributed by atoms with Gasteiger partial charge in [0, 0.05) is 34.1 Å². The molecule has 3 rings (SSSR count). The predicted octanol–water partition coefficient (Wildman–Crippen LogP) is 5.86. The number of hydrogen-bond acceptors (Lipinski definition) is 5. The first kappa shape index (κ1) is 24.2. The van der Waals surface area contributed by atoms with Crippen LogP contribution >= 0.6 is 22.9 Å². The van der Waals surface area contributed by atoms with Crippen LogP contribution in [0.4, 0.5) is 0 Å². The predicted molar refractivity (Wildman–Crippen MR) is 129 cm³/mol. The summed E-state index contributed by atoms with van der Waals surface area (Å²) < 4.78 is 6.06. The number of aliphatic hydroxyl groups excluding tert-OH is 1. The number of halogens is 1. The molecule has 7 heteroatoms. The van der Waals surface area contributed by atoms with Gasteiger partial charge in [0.1, 0.15) is 17.4 Å². The molecule has 0 saturated heterocycles. The second-order valence-corrected chi connectivity index (χ2v) is 9.54. The summed E-state index contributed by atoms with van der Waals surface area (Å²) in [7, 11) is 0. The number of nitrogens with zero attached hydrogens (tertiary/aromatic N) is 2. The average molecular weight is 473 g/mol. The number of aromatic nitrogens is 1. The lowest BCUT2D eigenvalue weighted by Crippen LogP contribution is -2.41. The maximum atomic E-state index is 13.5. The van der Waals surface area contributed by atoms with Crippen LogP contribution in [0.15, 0.2) is 47.8 Å². The molecule has 1 aromatic heterocycles. The van der Waals surface area contributed by atoms with E-state index in [0.29, 0.717) is 28.6 Å². The monoisotopic (exact) mass is 472 g/mol. The zero-order chi connectivity index (χ0) is 23.3. The number of carbonyl (C=O) groups is 1. The van der Waals surface area contributed by atoms with Crippen LogP contribution in [-0.2, 0) is 19.8 Å². The minimum absolute atomic E-state index is 0.0114. The van der Waals surface area contributed by atoms with Crippen molar-refractivity contribution in [1.82, 2.24) is 9.88 Å². The molecule has 1 unspecified atom stereocenters. The molecule has 3 aromatic rings. The highest BCUT2D eigenvalue weighted by Gasteiger charge is 2.26. The Hall–Kier alpha value is -2.41. The molecule has 0 saturated carbocycles. The van der Waals surface area contributed by atoms with Crippen LogP contribution in [0.2, 0.25) is 5.02 Å². The molecule has 170 valence electrons. The zero-order valence-corrected chi connectivity index (χ0v) is 20.4. The molecular weight excluding hydrogens is 444 g/mol. The van der Waals surface area contributed by atoms with Crippen molar-refractivity contribution in [3.05, 3.63) is 80.3 Å². The van der Waals surface area contributed by atoms with Crippen LogP contribution in [0.1, 0.15) is 53.0 Å². The van der Waals surface area contributed by atoms with Gasteiger partial charge in [-0.15, -0.1) is 11.3 Å². The molecular formula is C25H29ClN2O3S. The standard InChI is InChI=1S/C25H29ClN2O3S/c1-16(2)18(4)28(25(30)22-8-6-5-7-17(22)3)12-19-11-20(26)9-10-23(19)31-14-24-27-21(13-29)15-32-24/h5-11,15-16,18,29H,12-14H2,1-4H3. The van der Waals surface area contributed by atoms with Crippen molar-refractivity contribution in [3.8, 4) is 5.75 Å². The number of hydrogen-bond donors (Lipinski definition) is 1. The molecule has 0 spiro atoms. The first-order valence-corrected chi connectivity index (χ1v) is 11.9. The number of thiazole rings is 1. The quantitative estimate of drug-likeness (QED) is 0.423. The van der Waals surface area contributed by atoms with Crippen LogP contribution < -0.4 is 4.74 Å². The Morgan fingerprint density at radius 1 is 1.22 bits per heavy atom. The van der Waals surface area contributed by atoms with Gasteiger partial charge in [-0.25, -0.2) is 4.98 Å². The third-order valence-electron chi connectivity index (χ3n) is 5.57. The molecule has 5 nitrogen and oxygen atoms in total. The smallest absolute Gasteiger partial charge is 0.254 e. The van der Waals surface area contributed by atoms with Gasteiger partial charge in [-0.05, 0) is 49.6 Å². The lowest BCUT2D eigenvalue weighted by atomic mass is 10.0. The van der Waals surface area contributed by atoms with Gasteiger partial charge in [-0.2, -0.15) is 0 Å². The van der Waals surface area contributed by atoms with Crippen LogP contribution in [0, 0.1) is 12.8 Å². The molecule has 1 N–H and O–H groups in total. The normalized spacial score (nSPS) is 12.1. The fourth-order valence-corrected chi connectivity index (χ4v) is 4.24. The highest BCUT2D eigenvalue weighted by molar-refractivity contribution is 7.09. The minimum Gasteiger partial charge on any atom is -0.486 e. The Bertz CT molecular complexity index is 1070. The highest BCUT2D eigenvalue weighted by Crippen LogP contribution is 2.28. The van der Waals surface area contributed by atoms with E-state index in [1.807, 2.05) is 53.6 Å². The summed E-state index contributed by atoms with van der Waals surface area (Å²) in [5.74, 6) is 0.926. The highest BCUT2D eigenvalue weighted by atomic mass is 35.5. The van der Waals surface area contributed by atoms with Crippen molar-refractivity contribution in [2.24, 2.45) is 5.92 Å². The van der Waals surface area contributed by atoms with Crippen molar-refractivity contribution in [3.63, 3.8) is 0 Å². The van der Waals surface area contributed by atoms with E-state index in [2.05, 4.69) is 25.8 Å². The van der Waals surface area contributed by atoms with E-state index in [9.17, 15) is 9.90 Å². The summed E-state index contributed by atoms with van der Waals surface area (Å²) in [5.41, 5.74) is 3.12. The van der Waals surface area contributed by atoms with E-state index >= 15 is 0 Å². The van der Waals surface area contributed by atoms with Gasteiger partial charge < -0.3 is 14.7 Å². The Balaban J connectivity index is 1.88. The second-order valence-electron chi connectivity index (χ2n) is 8.16. The topological polar surface area (TPSA) is 62.7 Å². The van der Waals surface area contributed by atoms with Crippen LogP contribution in [-0.4, -0.2) is 26.9 Å². The first-order valence-electron chi connectivity index (χ1n) is 10.6. The molecule has 1 amide bonds. The van der Waals surface area contributed by atoms with Crippen molar-refractivity contribution >= 4 is 28.8 Å². The number of benzene rings is 2. The van der Waals surface area contributed by atoms with Gasteiger partial charge >= 0.3 is 0 Å². The summed E-state index contributed by atoms with van der Waals surface area (Å²) in [6, 6.07) is 13.1. The fraction of sp³-hybridized carbons (Fsp3) is 0.360. The van der Waals surface area contributed by atoms with E-state index in [4.69, 9.17) is 16.3 Å². The molecule has 0 bridgehead atoms. The summed E-state index contributed by atoms with van der Waals surface area (Å²) in [5, 5.41) is 12.4. The number of aliphatic hydroxyl groups is 1. The Labute approximate surface area is 198 Å². The molecule has 1 atom stereocenters. The van der Waals surface area contributed by atoms with Gasteiger partial charge in [0.15, 0.2) is 0 Å². The Kier molecular flexibility index (Phi) is 8.29. The van der Waals surface area contributed by atoms with E-state index in [1.165, 1.54) is 11.3 Å². The van der Waals surface area contributed by atoms with Crippen molar-refractivity contribution in [2.45, 2.75) is 53.5 Å². The minimum atomic E-state index is -0.0915. The van der Waals surface area contributed by atoms with Gasteiger partial charge in [0.05, 0.1) is 12.3 Å². The fourth-order valence-electron chi connectivity index (χ4n) is 3.35. The largest absolute Gasteiger partial charge is 0.486 e. The van der Waals surface area contributed by atoms with Crippen LogP contribution in [0.25, 0.3) is 0 Å². The van der Waals surface area contributed by atoms with Crippen molar-refractivity contribution in [1.29, 1.82) is 0 Å². The zero-order valence-electron chi connectivity index (χ0n) is 18.8. The average Bonchev–Trinajstić information content (AvgIpc) is 3.24. The third-order valence-corrected chi connectivity index (χ3v) is 6.67. The molecule has 2 aromatic carbocycles. The SMILES string of the molecule is Cc1ccccc1C(=O)N(Cc1cc(Cl)ccc1OCc1nc(CO)cs1)C(C)C(C)C. The summed E-state index contributed by atoms with van der Waals surface area (Å²) in [6.45, 7) is 8.81. The molecule has 1 heterocycles. The summed E-state index contributed by atoms with van der Waals surface area (Å²) >= 11 is 7.75. The Morgan fingerprint density at radius 3 is 2.62 bits per heavy atom. The molecule has 0 aliphatic rings. The van der Waals surface area contributed by atoms with E-state index < -0.39 is 0 Å². The van der Waals surface area contributed by atoms with E-state index in [1.54, 1.807) is 6.07 Å². The second kappa shape index (κ2) is 10.9. The number of rotatable bonds is 9. The summed E-state index contributed by atoms with van der Waals surface area (Å²) in [6.07, 6.45) is 0. The van der Waals surface area contributed by atoms with Gasteiger partial charge in [0.2, 0.25) is 0 Å². The van der Waals surface area contributed by atoms with E-state index in [0.717, 1.165) is 16.1 Å². The number of ether oxygens (including phenoxy) is 1. The lowest BCUT2D eigenvalue weighted by molar-refractivity contribution is 0.0625. The van der Waals surface area contributed by atoms with Crippen molar-refractivity contribution in [2.75, 3.05) is 0 Å². The number of carbonyl (C=O) groups excluding carboxylic acids is 1. The Morgan fingerprint density at radius 2 is 1.97 bits per heavy atom. The molecule has 32 heavy (non-hydrogen) atoms. The molecule has 0 aliphatic carbocycles. The third kappa shape index (κ3) is 5.88. The molecule has 0 fully saturated rings. The maximum absolute atomic E-state index is 13.5. The van der Waals surface area contributed by atoms with Crippen LogP contribution in [0.3, 0.4) is 0 Å². The van der Waals surface area contributed by atoms with E-state index in [-0.39, 0.29) is 31.1 Å². The number of amides is 1. The maximum Gasteiger partial charge on any atom is 0.254 e. The molecule has 0 radical (unpaired) electrons. The first-order chi connectivity index (χ1) is 15.3. The van der Waals surface area contributed by atoms with Crippen LogP contribution in [0.5, 0.6) is 5.75 Å². The van der Waals surface area contributed by atoms with Gasteiger partial charge in [-0.1, -0.05) is 43.6 Å². The van der Waals surface area contributed by atoms with Crippen molar-refractivity contribution < 1.29 is 14.6 Å². The molecule has 0 aliphatic heterocycles. The van der Waals surface area contributed by atoms with Gasteiger partial charge in [0.25, 0.3) is 5.91 Å². The summed E-state index contributed by atoms with van der Waals surface area (Å²) in [4.78, 5) is 19.8. The number of aryl methyl sites for hydroxylation is 1.